The maximum absolute atomic E-state index is 12.4. The van der Waals surface area contributed by atoms with Crippen LogP contribution in [-0.2, 0) is 16.1 Å². The molecule has 0 spiro atoms. The van der Waals surface area contributed by atoms with E-state index in [1.807, 2.05) is 0 Å². The Kier molecular flexibility index (Phi) is 6.68. The van der Waals surface area contributed by atoms with E-state index in [1.165, 1.54) is 25.1 Å². The molecule has 0 radical (unpaired) electrons. The molecule has 0 saturated carbocycles. The van der Waals surface area contributed by atoms with Gasteiger partial charge in [0.05, 0.1) is 0 Å². The van der Waals surface area contributed by atoms with Crippen LogP contribution in [0, 0.1) is 0 Å². The number of hydrogen-bond donors (Lipinski definition) is 2. The Balaban J connectivity index is 1.96. The van der Waals surface area contributed by atoms with Crippen LogP contribution in [0.3, 0.4) is 0 Å². The Morgan fingerprint density at radius 2 is 1.74 bits per heavy atom. The molecule has 0 saturated heterocycles. The number of halogens is 4. The zero-order valence-corrected chi connectivity index (χ0v) is 14.9. The fourth-order valence-corrected chi connectivity index (χ4v) is 2.21. The van der Waals surface area contributed by atoms with Crippen molar-refractivity contribution < 1.29 is 27.5 Å². The highest BCUT2D eigenvalue weighted by atomic mass is 35.5. The second kappa shape index (κ2) is 8.77. The van der Waals surface area contributed by atoms with Crippen molar-refractivity contribution in [3.8, 4) is 5.75 Å². The summed E-state index contributed by atoms with van der Waals surface area (Å²) in [4.78, 5) is 23.3. The minimum absolute atomic E-state index is 0.0357. The summed E-state index contributed by atoms with van der Waals surface area (Å²) in [6, 6.07) is 12.3. The summed E-state index contributed by atoms with van der Waals surface area (Å²) in [5.41, 5.74) is 0.286. The molecule has 5 nitrogen and oxygen atoms in total. The first-order valence-electron chi connectivity index (χ1n) is 7.83. The predicted octanol–water partition coefficient (Wildman–Crippen LogP) is 3.92. The molecule has 1 unspecified atom stereocenters. The van der Waals surface area contributed by atoms with Crippen LogP contribution in [0.15, 0.2) is 48.5 Å². The molecule has 2 aromatic rings. The van der Waals surface area contributed by atoms with Gasteiger partial charge in [-0.15, -0.1) is 0 Å². The maximum atomic E-state index is 12.4. The van der Waals surface area contributed by atoms with Crippen molar-refractivity contribution in [2.45, 2.75) is 25.7 Å². The topological polar surface area (TPSA) is 67.4 Å². The first-order chi connectivity index (χ1) is 12.7. The number of hydrogen-bond acceptors (Lipinski definition) is 3. The zero-order chi connectivity index (χ0) is 20.0. The van der Waals surface area contributed by atoms with Gasteiger partial charge in [-0.1, -0.05) is 29.8 Å². The van der Waals surface area contributed by atoms with E-state index in [-0.39, 0.29) is 12.2 Å². The van der Waals surface area contributed by atoms with Gasteiger partial charge in [0.1, 0.15) is 5.75 Å². The summed E-state index contributed by atoms with van der Waals surface area (Å²) in [6.45, 7) is 1.45. The van der Waals surface area contributed by atoms with E-state index in [2.05, 4.69) is 5.32 Å². The van der Waals surface area contributed by atoms with Gasteiger partial charge in [-0.05, 0) is 42.8 Å². The molecular formula is C18H16ClF3N2O3. The highest BCUT2D eigenvalue weighted by Crippen LogP contribution is 2.21. The summed E-state index contributed by atoms with van der Waals surface area (Å²) >= 11 is 5.77. The van der Waals surface area contributed by atoms with Gasteiger partial charge < -0.3 is 15.4 Å². The Morgan fingerprint density at radius 3 is 2.37 bits per heavy atom. The van der Waals surface area contributed by atoms with E-state index < -0.39 is 24.1 Å². The molecule has 0 aliphatic rings. The van der Waals surface area contributed by atoms with Crippen LogP contribution in [0.1, 0.15) is 12.5 Å². The number of benzene rings is 2. The fraction of sp³-hybridized carbons (Fsp3) is 0.222. The molecule has 144 valence electrons. The molecular weight excluding hydrogens is 385 g/mol. The van der Waals surface area contributed by atoms with Gasteiger partial charge in [-0.3, -0.25) is 9.59 Å². The van der Waals surface area contributed by atoms with Gasteiger partial charge in [0, 0.05) is 17.3 Å². The largest absolute Gasteiger partial charge is 0.481 e. The first-order valence-corrected chi connectivity index (χ1v) is 8.20. The summed E-state index contributed by atoms with van der Waals surface area (Å²) < 4.78 is 42.7. The number of carbonyl (C=O) groups is 2. The third-order valence-corrected chi connectivity index (χ3v) is 3.72. The number of rotatable bonds is 6. The van der Waals surface area contributed by atoms with Gasteiger partial charge >= 0.3 is 12.1 Å². The molecule has 0 aliphatic carbocycles. The van der Waals surface area contributed by atoms with Crippen LogP contribution in [-0.4, -0.2) is 24.1 Å². The molecule has 2 rings (SSSR count). The van der Waals surface area contributed by atoms with Crippen molar-refractivity contribution in [1.82, 2.24) is 5.32 Å². The van der Waals surface area contributed by atoms with Crippen molar-refractivity contribution >= 4 is 29.1 Å². The molecule has 0 heterocycles. The van der Waals surface area contributed by atoms with Gasteiger partial charge in [0.25, 0.3) is 5.91 Å². The average molecular weight is 401 g/mol. The molecule has 2 aromatic carbocycles. The van der Waals surface area contributed by atoms with Crippen LogP contribution in [0.5, 0.6) is 5.75 Å². The minimum atomic E-state index is -5.00. The third kappa shape index (κ3) is 6.18. The number of ether oxygens (including phenoxy) is 1. The molecule has 2 amide bonds. The Labute approximate surface area is 158 Å². The Bertz CT molecular complexity index is 810. The van der Waals surface area contributed by atoms with Crippen LogP contribution in [0.4, 0.5) is 18.9 Å². The van der Waals surface area contributed by atoms with Crippen molar-refractivity contribution in [1.29, 1.82) is 0 Å². The van der Waals surface area contributed by atoms with Crippen LogP contribution in [0.2, 0.25) is 5.02 Å². The quantitative estimate of drug-likeness (QED) is 0.772. The van der Waals surface area contributed by atoms with Crippen LogP contribution >= 0.6 is 11.6 Å². The summed E-state index contributed by atoms with van der Waals surface area (Å²) in [7, 11) is 0. The number of amides is 2. The summed E-state index contributed by atoms with van der Waals surface area (Å²) in [5, 5.41) is 4.87. The lowest BCUT2D eigenvalue weighted by molar-refractivity contribution is -0.167. The number of anilines is 1. The van der Waals surface area contributed by atoms with E-state index in [4.69, 9.17) is 16.3 Å². The fourth-order valence-electron chi connectivity index (χ4n) is 2.09. The van der Waals surface area contributed by atoms with Gasteiger partial charge in [0.2, 0.25) is 0 Å². The molecule has 0 fully saturated rings. The Hall–Kier alpha value is -2.74. The molecule has 2 N–H and O–H groups in total. The molecule has 1 atom stereocenters. The van der Waals surface area contributed by atoms with E-state index in [9.17, 15) is 22.8 Å². The monoisotopic (exact) mass is 400 g/mol. The second-order valence-electron chi connectivity index (χ2n) is 5.54. The van der Waals surface area contributed by atoms with Crippen LogP contribution in [0.25, 0.3) is 0 Å². The number of para-hydroxylation sites is 1. The molecule has 9 heteroatoms. The molecule has 0 aliphatic heterocycles. The maximum Gasteiger partial charge on any atom is 0.471 e. The smallest absolute Gasteiger partial charge is 0.471 e. The Morgan fingerprint density at radius 1 is 1.11 bits per heavy atom. The van der Waals surface area contributed by atoms with Gasteiger partial charge in [-0.25, -0.2) is 0 Å². The molecule has 0 aromatic heterocycles. The van der Waals surface area contributed by atoms with Crippen molar-refractivity contribution in [2.24, 2.45) is 0 Å². The lowest BCUT2D eigenvalue weighted by atomic mass is 10.1. The highest BCUT2D eigenvalue weighted by molar-refractivity contribution is 6.30. The lowest BCUT2D eigenvalue weighted by Gasteiger charge is -2.16. The average Bonchev–Trinajstić information content (AvgIpc) is 2.61. The van der Waals surface area contributed by atoms with Crippen molar-refractivity contribution in [2.75, 3.05) is 5.32 Å². The predicted molar refractivity (Wildman–Crippen MR) is 94.5 cm³/mol. The second-order valence-corrected chi connectivity index (χ2v) is 5.98. The first kappa shape index (κ1) is 20.6. The van der Waals surface area contributed by atoms with E-state index in [0.717, 1.165) is 0 Å². The lowest BCUT2D eigenvalue weighted by Crippen LogP contribution is -2.36. The molecule has 27 heavy (non-hydrogen) atoms. The summed E-state index contributed by atoms with van der Waals surface area (Å²) in [6.07, 6.45) is -5.85. The standard InChI is InChI=1S/C18H16ClF3N2O3/c1-11(27-14-8-6-13(19)7-9-14)16(25)23-10-12-4-2-3-5-15(12)24-17(26)18(20,21)22/h2-9,11H,10H2,1H3,(H,23,25)(H,24,26). The van der Waals surface area contributed by atoms with Gasteiger partial charge in [0.15, 0.2) is 6.10 Å². The van der Waals surface area contributed by atoms with Gasteiger partial charge in [-0.2, -0.15) is 13.2 Å². The van der Waals surface area contributed by atoms with Crippen molar-refractivity contribution in [3.05, 3.63) is 59.1 Å². The SMILES string of the molecule is CC(Oc1ccc(Cl)cc1)C(=O)NCc1ccccc1NC(=O)C(F)(F)F. The van der Waals surface area contributed by atoms with E-state index in [1.54, 1.807) is 35.6 Å². The summed E-state index contributed by atoms with van der Waals surface area (Å²) in [5.74, 6) is -2.11. The van der Waals surface area contributed by atoms with E-state index >= 15 is 0 Å². The zero-order valence-electron chi connectivity index (χ0n) is 14.1. The number of carbonyl (C=O) groups excluding carboxylic acids is 2. The molecule has 0 bridgehead atoms. The van der Waals surface area contributed by atoms with Crippen molar-refractivity contribution in [3.63, 3.8) is 0 Å². The third-order valence-electron chi connectivity index (χ3n) is 3.47. The van der Waals surface area contributed by atoms with Crippen LogP contribution < -0.4 is 15.4 Å². The highest BCUT2D eigenvalue weighted by Gasteiger charge is 2.38. The van der Waals surface area contributed by atoms with E-state index in [0.29, 0.717) is 16.3 Å². The number of nitrogens with one attached hydrogen (secondary N) is 2. The minimum Gasteiger partial charge on any atom is -0.481 e. The number of alkyl halides is 3. The normalized spacial score (nSPS) is 12.2.